The Bertz CT molecular complexity index is 324. The summed E-state index contributed by atoms with van der Waals surface area (Å²) in [6, 6.07) is -0.728. The molecule has 0 radical (unpaired) electrons. The maximum absolute atomic E-state index is 11.7. The Morgan fingerprint density at radius 3 is 1.53 bits per heavy atom. The van der Waals surface area contributed by atoms with Crippen LogP contribution in [0.4, 0.5) is 0 Å². The number of carbonyl (C=O) groups excluding carboxylic acids is 2. The van der Waals surface area contributed by atoms with E-state index in [-0.39, 0.29) is 35.9 Å². The van der Waals surface area contributed by atoms with Crippen molar-refractivity contribution in [3.63, 3.8) is 0 Å². The number of carbonyl (C=O) groups is 2. The van der Waals surface area contributed by atoms with Crippen LogP contribution < -0.4 is 7.08 Å². The van der Waals surface area contributed by atoms with Gasteiger partial charge in [-0.3, -0.25) is 0 Å². The quantitative estimate of drug-likeness (QED) is 0.671. The fourth-order valence-electron chi connectivity index (χ4n) is 2.00. The standard InChI is InChI=1S/2C5H10NO2.Sn/c2*1-3(2)4(6)5(7)8;/h2*3-4,6H,1-2H3,(H,7,8);/q2*-1;+4/p-2/t2*4-;/m11./s1. The van der Waals surface area contributed by atoms with E-state index >= 15 is 0 Å². The van der Waals surface area contributed by atoms with E-state index in [4.69, 9.17) is 6.15 Å². The topological polar surface area (TPSA) is 76.7 Å². The molecule has 7 heteroatoms. The molecule has 1 spiro atoms. The first-order valence-electron chi connectivity index (χ1n) is 5.86. The van der Waals surface area contributed by atoms with Crippen LogP contribution in [0.1, 0.15) is 27.7 Å². The number of nitrogens with one attached hydrogen (secondary N) is 2. The van der Waals surface area contributed by atoms with Crippen LogP contribution in [0.5, 0.6) is 0 Å². The van der Waals surface area contributed by atoms with E-state index in [1.807, 2.05) is 27.7 Å². The molecular formula is C10H18N2O4Sn. The van der Waals surface area contributed by atoms with Gasteiger partial charge in [0, 0.05) is 0 Å². The van der Waals surface area contributed by atoms with Gasteiger partial charge in [0.2, 0.25) is 0 Å². The van der Waals surface area contributed by atoms with Crippen LogP contribution in [0.3, 0.4) is 0 Å². The van der Waals surface area contributed by atoms with E-state index in [2.05, 4.69) is 7.08 Å². The van der Waals surface area contributed by atoms with Gasteiger partial charge in [-0.25, -0.2) is 0 Å². The predicted octanol–water partition coefficient (Wildman–Crippen LogP) is -0.236. The van der Waals surface area contributed by atoms with Crippen molar-refractivity contribution in [1.29, 1.82) is 0 Å². The van der Waals surface area contributed by atoms with E-state index in [0.29, 0.717) is 0 Å². The number of rotatable bonds is 2. The molecule has 2 saturated heterocycles. The summed E-state index contributed by atoms with van der Waals surface area (Å²) in [5.74, 6) is -0.365. The SMILES string of the molecule is CC(C)[C@H]1[NH][Sn]2([NH][C@H](C(C)C)C(=O)[O]2)[O]C1=O. The van der Waals surface area contributed by atoms with E-state index in [9.17, 15) is 9.59 Å². The average molecular weight is 349 g/mol. The van der Waals surface area contributed by atoms with Crippen LogP contribution in [0.2, 0.25) is 0 Å². The van der Waals surface area contributed by atoms with Gasteiger partial charge < -0.3 is 0 Å². The van der Waals surface area contributed by atoms with Crippen molar-refractivity contribution >= 4 is 31.7 Å². The third-order valence-corrected chi connectivity index (χ3v) is 9.75. The summed E-state index contributed by atoms with van der Waals surface area (Å²) in [5, 5.41) is 0. The van der Waals surface area contributed by atoms with Crippen LogP contribution in [0.15, 0.2) is 0 Å². The third-order valence-electron chi connectivity index (χ3n) is 3.02. The van der Waals surface area contributed by atoms with Gasteiger partial charge in [0.15, 0.2) is 0 Å². The van der Waals surface area contributed by atoms with E-state index in [1.165, 1.54) is 0 Å². The molecule has 2 N–H and O–H groups in total. The second kappa shape index (κ2) is 4.40. The summed E-state index contributed by atoms with van der Waals surface area (Å²) in [6.07, 6.45) is 0. The molecule has 6 nitrogen and oxygen atoms in total. The van der Waals surface area contributed by atoms with Gasteiger partial charge in [-0.15, -0.1) is 0 Å². The van der Waals surface area contributed by atoms with Gasteiger partial charge in [-0.2, -0.15) is 0 Å². The Labute approximate surface area is 106 Å². The molecule has 2 fully saturated rings. The third kappa shape index (κ3) is 2.30. The van der Waals surface area contributed by atoms with Crippen molar-refractivity contribution in [2.45, 2.75) is 39.8 Å². The summed E-state index contributed by atoms with van der Waals surface area (Å²) in [4.78, 5) is 23.4. The van der Waals surface area contributed by atoms with Crippen molar-refractivity contribution in [3.8, 4) is 0 Å². The van der Waals surface area contributed by atoms with Crippen LogP contribution in [0.25, 0.3) is 0 Å². The first-order valence-corrected chi connectivity index (χ1v) is 11.0. The zero-order chi connectivity index (χ0) is 12.8. The van der Waals surface area contributed by atoms with Crippen LogP contribution in [-0.4, -0.2) is 43.8 Å². The molecule has 2 aliphatic heterocycles. The second-order valence-electron chi connectivity index (χ2n) is 5.19. The summed E-state index contributed by atoms with van der Waals surface area (Å²) in [7, 11) is 0. The van der Waals surface area contributed by atoms with Gasteiger partial charge in [0.05, 0.1) is 0 Å². The van der Waals surface area contributed by atoms with Crippen molar-refractivity contribution in [2.75, 3.05) is 0 Å². The molecule has 0 aromatic carbocycles. The summed E-state index contributed by atoms with van der Waals surface area (Å²) < 4.78 is 16.9. The fourth-order valence-corrected chi connectivity index (χ4v) is 10.3. The normalized spacial score (nSPS) is 31.4. The van der Waals surface area contributed by atoms with Gasteiger partial charge in [-0.1, -0.05) is 0 Å². The zero-order valence-corrected chi connectivity index (χ0v) is 13.3. The molecule has 0 aromatic rings. The summed E-state index contributed by atoms with van der Waals surface area (Å²) >= 11 is -3.86. The zero-order valence-electron chi connectivity index (χ0n) is 10.4. The minimum atomic E-state index is -3.86. The first-order chi connectivity index (χ1) is 7.84. The molecule has 2 aliphatic rings. The number of hydrogen-bond donors (Lipinski definition) is 2. The van der Waals surface area contributed by atoms with Crippen LogP contribution in [-0.2, 0) is 15.7 Å². The molecule has 96 valence electrons. The first kappa shape index (κ1) is 13.1. The summed E-state index contributed by atoms with van der Waals surface area (Å²) in [6.45, 7) is 7.72. The van der Waals surface area contributed by atoms with E-state index in [1.54, 1.807) is 0 Å². The van der Waals surface area contributed by atoms with Crippen molar-refractivity contribution in [1.82, 2.24) is 7.08 Å². The van der Waals surface area contributed by atoms with Gasteiger partial charge in [-0.05, 0) is 0 Å². The molecule has 2 heterocycles. The molecule has 2 atom stereocenters. The number of hydrogen-bond acceptors (Lipinski definition) is 6. The molecular weight excluding hydrogens is 331 g/mol. The molecule has 2 rings (SSSR count). The summed E-state index contributed by atoms with van der Waals surface area (Å²) in [5.41, 5.74) is 0. The van der Waals surface area contributed by atoms with Crippen molar-refractivity contribution < 1.29 is 15.7 Å². The van der Waals surface area contributed by atoms with E-state index < -0.39 is 19.8 Å². The Balaban J connectivity index is 2.14. The maximum atomic E-state index is 11.7. The predicted molar refractivity (Wildman–Crippen MR) is 61.5 cm³/mol. The molecule has 0 bridgehead atoms. The average Bonchev–Trinajstić information content (AvgIpc) is 2.68. The van der Waals surface area contributed by atoms with Crippen LogP contribution in [0, 0.1) is 11.8 Å². The molecule has 0 saturated carbocycles. The molecule has 0 aliphatic carbocycles. The van der Waals surface area contributed by atoms with Gasteiger partial charge >= 0.3 is 106 Å². The monoisotopic (exact) mass is 350 g/mol. The Morgan fingerprint density at radius 1 is 0.941 bits per heavy atom. The molecule has 17 heavy (non-hydrogen) atoms. The molecule has 0 amide bonds. The Morgan fingerprint density at radius 2 is 1.29 bits per heavy atom. The van der Waals surface area contributed by atoms with Gasteiger partial charge in [0.1, 0.15) is 0 Å². The minimum absolute atomic E-state index is 0.122. The van der Waals surface area contributed by atoms with E-state index in [0.717, 1.165) is 0 Å². The van der Waals surface area contributed by atoms with Gasteiger partial charge in [0.25, 0.3) is 0 Å². The fraction of sp³-hybridized carbons (Fsp3) is 0.800. The molecule has 0 unspecified atom stereocenters. The van der Waals surface area contributed by atoms with Crippen LogP contribution >= 0.6 is 0 Å². The second-order valence-corrected chi connectivity index (χ2v) is 11.5. The Kier molecular flexibility index (Phi) is 3.39. The van der Waals surface area contributed by atoms with Crippen molar-refractivity contribution in [3.05, 3.63) is 0 Å². The molecule has 0 aromatic heterocycles. The van der Waals surface area contributed by atoms with Crippen molar-refractivity contribution in [2.24, 2.45) is 11.8 Å². The Hall–Kier alpha value is -0.341.